The lowest BCUT2D eigenvalue weighted by Crippen LogP contribution is -2.41. The highest BCUT2D eigenvalue weighted by atomic mass is 35.5. The number of hydrogen-bond acceptors (Lipinski definition) is 3. The third-order valence-corrected chi connectivity index (χ3v) is 5.21. The average Bonchev–Trinajstić information content (AvgIpc) is 2.98. The zero-order valence-corrected chi connectivity index (χ0v) is 16.5. The topological polar surface area (TPSA) is 58.6 Å². The second-order valence-electron chi connectivity index (χ2n) is 7.00. The van der Waals surface area contributed by atoms with E-state index in [1.165, 1.54) is 5.56 Å². The SMILES string of the molecule is O=C(NCC(=O)N1CCCCC(c2ccc(Cl)cc2)C1)OCc1ccccc1. The summed E-state index contributed by atoms with van der Waals surface area (Å²) in [5.74, 6) is 0.200. The van der Waals surface area contributed by atoms with Crippen LogP contribution >= 0.6 is 11.6 Å². The second kappa shape index (κ2) is 10.1. The first-order valence-corrected chi connectivity index (χ1v) is 9.97. The molecule has 1 heterocycles. The molecule has 1 N–H and O–H groups in total. The molecule has 5 nitrogen and oxygen atoms in total. The molecule has 0 saturated carbocycles. The lowest BCUT2D eigenvalue weighted by molar-refractivity contribution is -0.130. The first-order valence-electron chi connectivity index (χ1n) is 9.59. The van der Waals surface area contributed by atoms with Crippen molar-refractivity contribution in [2.24, 2.45) is 0 Å². The number of amides is 2. The van der Waals surface area contributed by atoms with Gasteiger partial charge in [0.05, 0.1) is 0 Å². The van der Waals surface area contributed by atoms with Crippen molar-refractivity contribution in [3.63, 3.8) is 0 Å². The normalized spacial score (nSPS) is 16.9. The molecule has 1 aliphatic heterocycles. The molecule has 6 heteroatoms. The number of carbonyl (C=O) groups is 2. The van der Waals surface area contributed by atoms with Gasteiger partial charge in [-0.15, -0.1) is 0 Å². The number of benzene rings is 2. The molecule has 0 aromatic heterocycles. The third-order valence-electron chi connectivity index (χ3n) is 4.96. The first kappa shape index (κ1) is 20.2. The first-order chi connectivity index (χ1) is 13.6. The van der Waals surface area contributed by atoms with Crippen molar-refractivity contribution in [2.45, 2.75) is 31.8 Å². The van der Waals surface area contributed by atoms with Crippen LogP contribution in [0.4, 0.5) is 4.79 Å². The summed E-state index contributed by atoms with van der Waals surface area (Å²) in [7, 11) is 0. The van der Waals surface area contributed by atoms with E-state index < -0.39 is 6.09 Å². The van der Waals surface area contributed by atoms with Crippen molar-refractivity contribution in [1.29, 1.82) is 0 Å². The molecular formula is C22H25ClN2O3. The summed E-state index contributed by atoms with van der Waals surface area (Å²) in [4.78, 5) is 26.3. The molecule has 1 unspecified atom stereocenters. The highest BCUT2D eigenvalue weighted by Gasteiger charge is 2.23. The molecule has 0 spiro atoms. The summed E-state index contributed by atoms with van der Waals surface area (Å²) in [5.41, 5.74) is 2.10. The summed E-state index contributed by atoms with van der Waals surface area (Å²) in [6.45, 7) is 1.50. The number of halogens is 1. The predicted octanol–water partition coefficient (Wildman–Crippen LogP) is 4.36. The molecule has 148 valence electrons. The number of nitrogens with one attached hydrogen (secondary N) is 1. The third kappa shape index (κ3) is 5.99. The maximum Gasteiger partial charge on any atom is 0.407 e. The molecule has 1 aliphatic rings. The Labute approximate surface area is 170 Å². The molecule has 2 aromatic rings. The molecule has 0 radical (unpaired) electrons. The summed E-state index contributed by atoms with van der Waals surface area (Å²) in [6, 6.07) is 17.3. The van der Waals surface area contributed by atoms with Crippen molar-refractivity contribution in [2.75, 3.05) is 19.6 Å². The van der Waals surface area contributed by atoms with E-state index in [1.54, 1.807) is 0 Å². The number of carbonyl (C=O) groups excluding carboxylic acids is 2. The fourth-order valence-electron chi connectivity index (χ4n) is 3.41. The monoisotopic (exact) mass is 400 g/mol. The van der Waals surface area contributed by atoms with Gasteiger partial charge in [0.25, 0.3) is 0 Å². The van der Waals surface area contributed by atoms with Crippen LogP contribution in [-0.4, -0.2) is 36.5 Å². The minimum Gasteiger partial charge on any atom is -0.445 e. The Hall–Kier alpha value is -2.53. The van der Waals surface area contributed by atoms with Crippen LogP contribution in [-0.2, 0) is 16.1 Å². The number of alkyl carbamates (subject to hydrolysis) is 1. The summed E-state index contributed by atoms with van der Waals surface area (Å²) in [6.07, 6.45) is 2.50. The van der Waals surface area contributed by atoms with E-state index in [9.17, 15) is 9.59 Å². The lowest BCUT2D eigenvalue weighted by atomic mass is 9.94. The second-order valence-corrected chi connectivity index (χ2v) is 7.44. The van der Waals surface area contributed by atoms with E-state index in [-0.39, 0.29) is 25.0 Å². The largest absolute Gasteiger partial charge is 0.445 e. The smallest absolute Gasteiger partial charge is 0.407 e. The highest BCUT2D eigenvalue weighted by molar-refractivity contribution is 6.30. The number of ether oxygens (including phenoxy) is 1. The zero-order valence-electron chi connectivity index (χ0n) is 15.8. The van der Waals surface area contributed by atoms with Crippen molar-refractivity contribution >= 4 is 23.6 Å². The predicted molar refractivity (Wildman–Crippen MR) is 109 cm³/mol. The molecule has 1 saturated heterocycles. The van der Waals surface area contributed by atoms with Crippen molar-refractivity contribution < 1.29 is 14.3 Å². The fraction of sp³-hybridized carbons (Fsp3) is 0.364. The zero-order chi connectivity index (χ0) is 19.8. The van der Waals surface area contributed by atoms with Crippen LogP contribution in [0.25, 0.3) is 0 Å². The molecule has 2 aromatic carbocycles. The quantitative estimate of drug-likeness (QED) is 0.811. The van der Waals surface area contributed by atoms with Crippen molar-refractivity contribution in [1.82, 2.24) is 10.2 Å². The van der Waals surface area contributed by atoms with Crippen LogP contribution < -0.4 is 5.32 Å². The summed E-state index contributed by atoms with van der Waals surface area (Å²) in [5, 5.41) is 3.27. The van der Waals surface area contributed by atoms with Gasteiger partial charge in [0.2, 0.25) is 5.91 Å². The van der Waals surface area contributed by atoms with Gasteiger partial charge in [0.15, 0.2) is 0 Å². The number of rotatable bonds is 5. The van der Waals surface area contributed by atoms with E-state index >= 15 is 0 Å². The Morgan fingerprint density at radius 3 is 2.57 bits per heavy atom. The molecule has 2 amide bonds. The minimum atomic E-state index is -0.582. The van der Waals surface area contributed by atoms with Crippen LogP contribution in [0, 0.1) is 0 Å². The molecule has 0 bridgehead atoms. The molecule has 0 aliphatic carbocycles. The number of likely N-dealkylation sites (tertiary alicyclic amines) is 1. The van der Waals surface area contributed by atoms with Gasteiger partial charge in [-0.25, -0.2) is 4.79 Å². The Kier molecular flexibility index (Phi) is 7.31. The summed E-state index contributed by atoms with van der Waals surface area (Å²) < 4.78 is 5.16. The van der Waals surface area contributed by atoms with Gasteiger partial charge >= 0.3 is 6.09 Å². The van der Waals surface area contributed by atoms with Crippen LogP contribution in [0.2, 0.25) is 5.02 Å². The highest BCUT2D eigenvalue weighted by Crippen LogP contribution is 2.27. The van der Waals surface area contributed by atoms with Crippen LogP contribution in [0.3, 0.4) is 0 Å². The van der Waals surface area contributed by atoms with Gasteiger partial charge in [0, 0.05) is 24.0 Å². The maximum atomic E-state index is 12.6. The molecule has 28 heavy (non-hydrogen) atoms. The van der Waals surface area contributed by atoms with Gasteiger partial charge in [-0.2, -0.15) is 0 Å². The summed E-state index contributed by atoms with van der Waals surface area (Å²) >= 11 is 5.98. The maximum absolute atomic E-state index is 12.6. The molecular weight excluding hydrogens is 376 g/mol. The number of hydrogen-bond donors (Lipinski definition) is 1. The Balaban J connectivity index is 1.48. The van der Waals surface area contributed by atoms with Gasteiger partial charge in [-0.05, 0) is 36.1 Å². The average molecular weight is 401 g/mol. The minimum absolute atomic E-state index is 0.0546. The van der Waals surface area contributed by atoms with E-state index in [0.717, 1.165) is 24.8 Å². The van der Waals surface area contributed by atoms with Crippen LogP contribution in [0.15, 0.2) is 54.6 Å². The number of nitrogens with zero attached hydrogens (tertiary/aromatic N) is 1. The Bertz CT molecular complexity index is 780. The standard InChI is InChI=1S/C22H25ClN2O3/c23-20-11-9-18(10-12-20)19-8-4-5-13-25(15-19)21(26)14-24-22(27)28-16-17-6-2-1-3-7-17/h1-3,6-7,9-12,19H,4-5,8,13-16H2,(H,24,27). The van der Waals surface area contributed by atoms with E-state index in [2.05, 4.69) is 5.32 Å². The Morgan fingerprint density at radius 2 is 1.82 bits per heavy atom. The van der Waals surface area contributed by atoms with Gasteiger partial charge in [0.1, 0.15) is 13.2 Å². The van der Waals surface area contributed by atoms with Crippen molar-refractivity contribution in [3.8, 4) is 0 Å². The molecule has 1 atom stereocenters. The van der Waals surface area contributed by atoms with Gasteiger partial charge in [-0.3, -0.25) is 4.79 Å². The lowest BCUT2D eigenvalue weighted by Gasteiger charge is -2.25. The van der Waals surface area contributed by atoms with E-state index in [4.69, 9.17) is 16.3 Å². The fourth-order valence-corrected chi connectivity index (χ4v) is 3.54. The van der Waals surface area contributed by atoms with Crippen LogP contribution in [0.5, 0.6) is 0 Å². The van der Waals surface area contributed by atoms with Gasteiger partial charge < -0.3 is 15.0 Å². The molecule has 1 fully saturated rings. The molecule has 3 rings (SSSR count). The van der Waals surface area contributed by atoms with Crippen LogP contribution in [0.1, 0.15) is 36.3 Å². The Morgan fingerprint density at radius 1 is 1.07 bits per heavy atom. The van der Waals surface area contributed by atoms with Gasteiger partial charge in [-0.1, -0.05) is 60.5 Å². The van der Waals surface area contributed by atoms with E-state index in [1.807, 2.05) is 59.5 Å². The van der Waals surface area contributed by atoms with E-state index in [0.29, 0.717) is 18.1 Å². The van der Waals surface area contributed by atoms with Crippen molar-refractivity contribution in [3.05, 3.63) is 70.7 Å².